The second-order valence-electron chi connectivity index (χ2n) is 5.90. The average Bonchev–Trinajstić information content (AvgIpc) is 2.44. The van der Waals surface area contributed by atoms with Crippen LogP contribution < -0.4 is 10.6 Å². The average molecular weight is 283 g/mol. The van der Waals surface area contributed by atoms with Gasteiger partial charge in [-0.2, -0.15) is 0 Å². The summed E-state index contributed by atoms with van der Waals surface area (Å²) in [4.78, 5) is 25.3. The van der Waals surface area contributed by atoms with Crippen LogP contribution in [0, 0.1) is 5.92 Å². The second-order valence-corrected chi connectivity index (χ2v) is 5.90. The molecule has 2 amide bonds. The Balaban J connectivity index is 2.00. The Morgan fingerprint density at radius 1 is 1.10 bits per heavy atom. The van der Waals surface area contributed by atoms with Crippen LogP contribution >= 0.6 is 0 Å². The van der Waals surface area contributed by atoms with Crippen LogP contribution in [0.15, 0.2) is 0 Å². The van der Waals surface area contributed by atoms with Gasteiger partial charge >= 0.3 is 0 Å². The molecule has 1 saturated heterocycles. The van der Waals surface area contributed by atoms with Crippen molar-refractivity contribution in [3.8, 4) is 0 Å². The van der Waals surface area contributed by atoms with Gasteiger partial charge < -0.3 is 15.5 Å². The molecule has 0 saturated carbocycles. The number of amides is 2. The summed E-state index contributed by atoms with van der Waals surface area (Å²) in [6.07, 6.45) is 4.96. The van der Waals surface area contributed by atoms with E-state index in [4.69, 9.17) is 0 Å². The molecule has 0 bridgehead atoms. The van der Waals surface area contributed by atoms with Crippen LogP contribution in [0.4, 0.5) is 0 Å². The molecule has 0 spiro atoms. The fourth-order valence-electron chi connectivity index (χ4n) is 2.26. The molecule has 0 aliphatic carbocycles. The topological polar surface area (TPSA) is 61.4 Å². The van der Waals surface area contributed by atoms with E-state index < -0.39 is 0 Å². The van der Waals surface area contributed by atoms with Crippen LogP contribution in [-0.2, 0) is 9.59 Å². The summed E-state index contributed by atoms with van der Waals surface area (Å²) < 4.78 is 0. The monoisotopic (exact) mass is 283 g/mol. The van der Waals surface area contributed by atoms with E-state index in [2.05, 4.69) is 24.5 Å². The Kier molecular flexibility index (Phi) is 8.26. The second kappa shape index (κ2) is 9.75. The molecular formula is C15H29N3O2. The van der Waals surface area contributed by atoms with Crippen LogP contribution in [0.5, 0.6) is 0 Å². The minimum absolute atomic E-state index is 0.0103. The van der Waals surface area contributed by atoms with E-state index in [-0.39, 0.29) is 11.8 Å². The number of hydrogen-bond acceptors (Lipinski definition) is 3. The molecular weight excluding hydrogens is 254 g/mol. The Morgan fingerprint density at radius 2 is 1.80 bits per heavy atom. The lowest BCUT2D eigenvalue weighted by molar-refractivity contribution is -0.132. The highest BCUT2D eigenvalue weighted by atomic mass is 16.2. The zero-order valence-corrected chi connectivity index (χ0v) is 12.9. The van der Waals surface area contributed by atoms with Gasteiger partial charge in [-0.3, -0.25) is 9.59 Å². The zero-order valence-electron chi connectivity index (χ0n) is 12.9. The third-order valence-corrected chi connectivity index (χ3v) is 3.55. The number of carbonyl (C=O) groups is 2. The summed E-state index contributed by atoms with van der Waals surface area (Å²) in [5, 5.41) is 5.90. The van der Waals surface area contributed by atoms with Gasteiger partial charge in [0.15, 0.2) is 0 Å². The lowest BCUT2D eigenvalue weighted by atomic mass is 10.1. The zero-order chi connectivity index (χ0) is 14.8. The minimum atomic E-state index is 0.0103. The van der Waals surface area contributed by atoms with Crippen LogP contribution in [0.1, 0.15) is 46.0 Å². The predicted octanol–water partition coefficient (Wildman–Crippen LogP) is 1.14. The molecule has 1 heterocycles. The number of rotatable bonds is 8. The first-order valence-electron chi connectivity index (χ1n) is 7.85. The van der Waals surface area contributed by atoms with E-state index in [1.165, 1.54) is 6.42 Å². The van der Waals surface area contributed by atoms with E-state index in [0.29, 0.717) is 25.4 Å². The summed E-state index contributed by atoms with van der Waals surface area (Å²) in [5.41, 5.74) is 0. The van der Waals surface area contributed by atoms with E-state index in [9.17, 15) is 9.59 Å². The molecule has 5 heteroatoms. The van der Waals surface area contributed by atoms with Gasteiger partial charge in [0, 0.05) is 32.6 Å². The summed E-state index contributed by atoms with van der Waals surface area (Å²) in [6, 6.07) is 0. The van der Waals surface area contributed by atoms with Gasteiger partial charge in [-0.05, 0) is 31.6 Å². The molecule has 116 valence electrons. The highest BCUT2D eigenvalue weighted by Crippen LogP contribution is 2.09. The Morgan fingerprint density at radius 3 is 2.45 bits per heavy atom. The lowest BCUT2D eigenvalue weighted by Gasteiger charge is -2.26. The number of nitrogens with one attached hydrogen (secondary N) is 2. The number of hydrogen-bond donors (Lipinski definition) is 2. The van der Waals surface area contributed by atoms with Gasteiger partial charge in [0.1, 0.15) is 0 Å². The molecule has 1 aliphatic heterocycles. The van der Waals surface area contributed by atoms with E-state index in [1.54, 1.807) is 0 Å². The summed E-state index contributed by atoms with van der Waals surface area (Å²) >= 11 is 0. The number of likely N-dealkylation sites (tertiary alicyclic amines) is 1. The maximum absolute atomic E-state index is 11.9. The third-order valence-electron chi connectivity index (χ3n) is 3.55. The Bertz CT molecular complexity index is 299. The SMILES string of the molecule is CC(C)CCNC(=O)CNCCC(=O)N1CCCCC1. The Hall–Kier alpha value is -1.10. The van der Waals surface area contributed by atoms with Crippen LogP contribution in [-0.4, -0.2) is 49.4 Å². The minimum Gasteiger partial charge on any atom is -0.355 e. The predicted molar refractivity (Wildman–Crippen MR) is 80.4 cm³/mol. The maximum Gasteiger partial charge on any atom is 0.233 e. The maximum atomic E-state index is 11.9. The van der Waals surface area contributed by atoms with Gasteiger partial charge in [-0.15, -0.1) is 0 Å². The van der Waals surface area contributed by atoms with Crippen molar-refractivity contribution in [2.24, 2.45) is 5.92 Å². The molecule has 20 heavy (non-hydrogen) atoms. The molecule has 0 aromatic heterocycles. The number of nitrogens with zero attached hydrogens (tertiary/aromatic N) is 1. The van der Waals surface area contributed by atoms with Gasteiger partial charge in [-0.25, -0.2) is 0 Å². The van der Waals surface area contributed by atoms with Crippen molar-refractivity contribution < 1.29 is 9.59 Å². The standard InChI is InChI=1S/C15H29N3O2/c1-13(2)6-9-17-14(19)12-16-8-7-15(20)18-10-4-3-5-11-18/h13,16H,3-12H2,1-2H3,(H,17,19). The van der Waals surface area contributed by atoms with Crippen molar-refractivity contribution in [1.29, 1.82) is 0 Å². The van der Waals surface area contributed by atoms with Crippen LogP contribution in [0.2, 0.25) is 0 Å². The molecule has 1 fully saturated rings. The van der Waals surface area contributed by atoms with E-state index >= 15 is 0 Å². The normalized spacial score (nSPS) is 15.4. The molecule has 0 unspecified atom stereocenters. The van der Waals surface area contributed by atoms with Gasteiger partial charge in [0.25, 0.3) is 0 Å². The van der Waals surface area contributed by atoms with Crippen molar-refractivity contribution in [1.82, 2.24) is 15.5 Å². The smallest absolute Gasteiger partial charge is 0.233 e. The molecule has 1 rings (SSSR count). The van der Waals surface area contributed by atoms with Gasteiger partial charge in [0.2, 0.25) is 11.8 Å². The largest absolute Gasteiger partial charge is 0.355 e. The van der Waals surface area contributed by atoms with Crippen molar-refractivity contribution in [2.45, 2.75) is 46.0 Å². The molecule has 0 radical (unpaired) electrons. The quantitative estimate of drug-likeness (QED) is 0.657. The van der Waals surface area contributed by atoms with Crippen molar-refractivity contribution in [3.63, 3.8) is 0 Å². The third kappa shape index (κ3) is 7.48. The fraction of sp³-hybridized carbons (Fsp3) is 0.867. The van der Waals surface area contributed by atoms with Crippen molar-refractivity contribution in [3.05, 3.63) is 0 Å². The van der Waals surface area contributed by atoms with Gasteiger partial charge in [-0.1, -0.05) is 13.8 Å². The van der Waals surface area contributed by atoms with Crippen LogP contribution in [0.25, 0.3) is 0 Å². The van der Waals surface area contributed by atoms with Crippen molar-refractivity contribution in [2.75, 3.05) is 32.7 Å². The first-order chi connectivity index (χ1) is 9.59. The van der Waals surface area contributed by atoms with Crippen LogP contribution in [0.3, 0.4) is 0 Å². The summed E-state index contributed by atoms with van der Waals surface area (Å²) in [7, 11) is 0. The first kappa shape index (κ1) is 17.0. The van der Waals surface area contributed by atoms with Gasteiger partial charge in [0.05, 0.1) is 6.54 Å². The van der Waals surface area contributed by atoms with E-state index in [0.717, 1.165) is 38.9 Å². The fourth-order valence-corrected chi connectivity index (χ4v) is 2.26. The molecule has 1 aliphatic rings. The molecule has 0 aromatic rings. The highest BCUT2D eigenvalue weighted by Gasteiger charge is 2.15. The Labute approximate surface area is 122 Å². The molecule has 5 nitrogen and oxygen atoms in total. The summed E-state index contributed by atoms with van der Waals surface area (Å²) in [6.45, 7) is 7.67. The number of carbonyl (C=O) groups excluding carboxylic acids is 2. The lowest BCUT2D eigenvalue weighted by Crippen LogP contribution is -2.39. The van der Waals surface area contributed by atoms with Crippen molar-refractivity contribution >= 4 is 11.8 Å². The summed E-state index contributed by atoms with van der Waals surface area (Å²) in [5.74, 6) is 0.818. The first-order valence-corrected chi connectivity index (χ1v) is 7.85. The molecule has 0 atom stereocenters. The highest BCUT2D eigenvalue weighted by molar-refractivity contribution is 5.78. The number of piperidine rings is 1. The molecule has 2 N–H and O–H groups in total. The van der Waals surface area contributed by atoms with E-state index in [1.807, 2.05) is 4.90 Å². The molecule has 0 aromatic carbocycles.